The average Bonchev–Trinajstić information content (AvgIpc) is 3.43. The Bertz CT molecular complexity index is 1210. The van der Waals surface area contributed by atoms with Gasteiger partial charge in [-0.2, -0.15) is 0 Å². The lowest BCUT2D eigenvalue weighted by molar-refractivity contribution is -0.117. The highest BCUT2D eigenvalue weighted by molar-refractivity contribution is 7.13. The number of hydrogen-bond donors (Lipinski definition) is 2. The Morgan fingerprint density at radius 1 is 1.03 bits per heavy atom. The summed E-state index contributed by atoms with van der Waals surface area (Å²) >= 11 is 7.24. The number of anilines is 1. The van der Waals surface area contributed by atoms with Crippen LogP contribution in [0.4, 0.5) is 5.69 Å². The first-order valence-electron chi connectivity index (χ1n) is 12.7. The summed E-state index contributed by atoms with van der Waals surface area (Å²) in [4.78, 5) is 29.7. The number of carbonyl (C=O) groups is 2. The largest absolute Gasteiger partial charge is 0.345 e. The molecule has 194 valence electrons. The highest BCUT2D eigenvalue weighted by Crippen LogP contribution is 2.23. The average molecular weight is 539 g/mol. The van der Waals surface area contributed by atoms with Crippen molar-refractivity contribution in [1.82, 2.24) is 25.7 Å². The van der Waals surface area contributed by atoms with E-state index in [4.69, 9.17) is 11.6 Å². The summed E-state index contributed by atoms with van der Waals surface area (Å²) in [5, 5.41) is 16.5. The molecule has 1 aromatic heterocycles. The second-order valence-corrected chi connectivity index (χ2v) is 11.1. The zero-order valence-electron chi connectivity index (χ0n) is 20.7. The quantitative estimate of drug-likeness (QED) is 0.457. The maximum Gasteiger partial charge on any atom is 0.282 e. The van der Waals surface area contributed by atoms with Gasteiger partial charge in [-0.05, 0) is 61.3 Å². The van der Waals surface area contributed by atoms with Crippen LogP contribution in [0.15, 0.2) is 48.5 Å². The number of aromatic nitrogens is 2. The molecule has 1 unspecified atom stereocenters. The third-order valence-electron chi connectivity index (χ3n) is 6.75. The van der Waals surface area contributed by atoms with Crippen LogP contribution in [0, 0.1) is 0 Å². The molecule has 2 fully saturated rings. The van der Waals surface area contributed by atoms with Crippen LogP contribution < -0.4 is 15.5 Å². The van der Waals surface area contributed by atoms with Crippen LogP contribution in [-0.4, -0.2) is 65.7 Å². The number of rotatable bonds is 8. The number of carbonyl (C=O) groups excluding carboxylic acids is 2. The normalized spacial score (nSPS) is 18.7. The lowest BCUT2D eigenvalue weighted by Gasteiger charge is -2.21. The highest BCUT2D eigenvalue weighted by atomic mass is 35.5. The van der Waals surface area contributed by atoms with Crippen LogP contribution in [-0.2, 0) is 24.2 Å². The molecule has 0 saturated carbocycles. The van der Waals surface area contributed by atoms with Crippen molar-refractivity contribution in [3.63, 3.8) is 0 Å². The van der Waals surface area contributed by atoms with Crippen molar-refractivity contribution < 1.29 is 9.59 Å². The van der Waals surface area contributed by atoms with Crippen molar-refractivity contribution in [1.29, 1.82) is 0 Å². The predicted octanol–water partition coefficient (Wildman–Crippen LogP) is 3.31. The molecule has 0 bridgehead atoms. The van der Waals surface area contributed by atoms with E-state index in [9.17, 15) is 9.59 Å². The van der Waals surface area contributed by atoms with Gasteiger partial charge in [0.25, 0.3) is 5.91 Å². The number of nitrogens with one attached hydrogen (secondary N) is 2. The van der Waals surface area contributed by atoms with Gasteiger partial charge < -0.3 is 15.5 Å². The van der Waals surface area contributed by atoms with E-state index in [1.165, 1.54) is 16.9 Å². The van der Waals surface area contributed by atoms with Gasteiger partial charge in [-0.1, -0.05) is 47.2 Å². The fourth-order valence-corrected chi connectivity index (χ4v) is 5.62. The number of amides is 2. The summed E-state index contributed by atoms with van der Waals surface area (Å²) in [5.74, 6) is -0.269. The molecule has 3 heterocycles. The van der Waals surface area contributed by atoms with Gasteiger partial charge in [0.1, 0.15) is 5.01 Å². The van der Waals surface area contributed by atoms with Gasteiger partial charge in [-0.3, -0.25) is 14.5 Å². The SMILES string of the molecule is O=C(NC1CC(=O)N(c2ccc(CN3CCCNCC3)cc2)C1)c1nnc(CCc2ccc(Cl)cc2)s1. The predicted molar refractivity (Wildman–Crippen MR) is 146 cm³/mol. The third kappa shape index (κ3) is 6.93. The number of nitrogens with zero attached hydrogens (tertiary/aromatic N) is 4. The monoisotopic (exact) mass is 538 g/mol. The molecule has 37 heavy (non-hydrogen) atoms. The minimum absolute atomic E-state index is 0.0116. The molecule has 2 aliphatic rings. The van der Waals surface area contributed by atoms with Crippen LogP contribution in [0.2, 0.25) is 5.02 Å². The summed E-state index contributed by atoms with van der Waals surface area (Å²) < 4.78 is 0. The zero-order valence-corrected chi connectivity index (χ0v) is 22.2. The van der Waals surface area contributed by atoms with E-state index in [1.807, 2.05) is 36.4 Å². The molecule has 1 atom stereocenters. The van der Waals surface area contributed by atoms with E-state index >= 15 is 0 Å². The summed E-state index contributed by atoms with van der Waals surface area (Å²) in [6, 6.07) is 15.7. The first-order chi connectivity index (χ1) is 18.0. The molecule has 2 N–H and O–H groups in total. The van der Waals surface area contributed by atoms with Crippen LogP contribution in [0.1, 0.15) is 38.8 Å². The first kappa shape index (κ1) is 25.8. The molecule has 8 nitrogen and oxygen atoms in total. The number of hydrogen-bond acceptors (Lipinski definition) is 7. The fraction of sp³-hybridized carbons (Fsp3) is 0.407. The van der Waals surface area contributed by atoms with Crippen LogP contribution in [0.5, 0.6) is 0 Å². The highest BCUT2D eigenvalue weighted by Gasteiger charge is 2.32. The second kappa shape index (κ2) is 12.1. The van der Waals surface area contributed by atoms with Crippen molar-refractivity contribution in [2.24, 2.45) is 0 Å². The van der Waals surface area contributed by atoms with Gasteiger partial charge >= 0.3 is 0 Å². The van der Waals surface area contributed by atoms with E-state index in [1.54, 1.807) is 4.90 Å². The molecule has 0 aliphatic carbocycles. The Hall–Kier alpha value is -2.85. The minimum atomic E-state index is -0.280. The van der Waals surface area contributed by atoms with E-state index in [0.717, 1.165) is 61.8 Å². The Balaban J connectivity index is 1.12. The maximum absolute atomic E-state index is 12.8. The van der Waals surface area contributed by atoms with E-state index in [0.29, 0.717) is 23.0 Å². The molecule has 2 amide bonds. The second-order valence-electron chi connectivity index (χ2n) is 9.55. The molecule has 5 rings (SSSR count). The van der Waals surface area contributed by atoms with Gasteiger partial charge in [-0.15, -0.1) is 10.2 Å². The number of aryl methyl sites for hydroxylation is 2. The molecular formula is C27H31ClN6O2S. The molecule has 10 heteroatoms. The molecule has 0 radical (unpaired) electrons. The van der Waals surface area contributed by atoms with E-state index in [-0.39, 0.29) is 24.3 Å². The van der Waals surface area contributed by atoms with E-state index < -0.39 is 0 Å². The Morgan fingerprint density at radius 3 is 2.62 bits per heavy atom. The fourth-order valence-electron chi connectivity index (χ4n) is 4.75. The van der Waals surface area contributed by atoms with Crippen molar-refractivity contribution in [3.05, 3.63) is 74.7 Å². The smallest absolute Gasteiger partial charge is 0.282 e. The van der Waals surface area contributed by atoms with Crippen molar-refractivity contribution in [2.75, 3.05) is 37.6 Å². The summed E-state index contributed by atoms with van der Waals surface area (Å²) in [6.07, 6.45) is 2.94. The third-order valence-corrected chi connectivity index (χ3v) is 7.98. The Morgan fingerprint density at radius 2 is 1.81 bits per heavy atom. The topological polar surface area (TPSA) is 90.5 Å². The van der Waals surface area contributed by atoms with Crippen LogP contribution in [0.3, 0.4) is 0 Å². The van der Waals surface area contributed by atoms with Gasteiger partial charge in [0.15, 0.2) is 0 Å². The van der Waals surface area contributed by atoms with Crippen molar-refractivity contribution >= 4 is 40.4 Å². The zero-order chi connectivity index (χ0) is 25.6. The molecule has 3 aromatic rings. The van der Waals surface area contributed by atoms with Gasteiger partial charge in [0, 0.05) is 49.7 Å². The number of benzene rings is 2. The summed E-state index contributed by atoms with van der Waals surface area (Å²) in [6.45, 7) is 5.61. The standard InChI is InChI=1S/C27H31ClN6O2S/c28-21-7-2-19(3-8-21)6-11-24-31-32-27(37-24)26(36)30-22-16-25(35)34(18-22)23-9-4-20(5-10-23)17-33-14-1-12-29-13-15-33/h2-5,7-10,22,29H,1,6,11-18H2,(H,30,36). The van der Waals surface area contributed by atoms with Crippen molar-refractivity contribution in [3.8, 4) is 0 Å². The minimum Gasteiger partial charge on any atom is -0.345 e. The number of halogens is 1. The Labute approximate surface area is 226 Å². The van der Waals surface area contributed by atoms with Gasteiger partial charge in [0.05, 0.1) is 6.04 Å². The summed E-state index contributed by atoms with van der Waals surface area (Å²) in [7, 11) is 0. The Kier molecular flexibility index (Phi) is 8.45. The molecule has 2 aliphatic heterocycles. The van der Waals surface area contributed by atoms with Gasteiger partial charge in [0.2, 0.25) is 10.9 Å². The first-order valence-corrected chi connectivity index (χ1v) is 13.9. The maximum atomic E-state index is 12.8. The molecule has 0 spiro atoms. The van der Waals surface area contributed by atoms with Gasteiger partial charge in [-0.25, -0.2) is 0 Å². The summed E-state index contributed by atoms with van der Waals surface area (Å²) in [5.41, 5.74) is 3.26. The lowest BCUT2D eigenvalue weighted by atomic mass is 10.1. The molecule has 2 saturated heterocycles. The molecular weight excluding hydrogens is 508 g/mol. The van der Waals surface area contributed by atoms with Crippen molar-refractivity contribution in [2.45, 2.75) is 38.3 Å². The van der Waals surface area contributed by atoms with E-state index in [2.05, 4.69) is 37.9 Å². The molecule has 2 aromatic carbocycles. The van der Waals surface area contributed by atoms with Crippen LogP contribution >= 0.6 is 22.9 Å². The lowest BCUT2D eigenvalue weighted by Crippen LogP contribution is -2.37. The van der Waals surface area contributed by atoms with Crippen LogP contribution in [0.25, 0.3) is 0 Å².